The largest absolute Gasteiger partial charge is 0.345 e. The summed E-state index contributed by atoms with van der Waals surface area (Å²) in [4.78, 5) is 12.1. The maximum absolute atomic E-state index is 13.7. The molecule has 0 aliphatic carbocycles. The summed E-state index contributed by atoms with van der Waals surface area (Å²) in [5, 5.41) is 2.62. The molecule has 0 saturated carbocycles. The highest BCUT2D eigenvalue weighted by Crippen LogP contribution is 2.23. The Morgan fingerprint density at radius 2 is 1.57 bits per heavy atom. The summed E-state index contributed by atoms with van der Waals surface area (Å²) in [5.74, 6) is -5.23. The summed E-state index contributed by atoms with van der Waals surface area (Å²) in [6, 6.07) is 5.24. The maximum atomic E-state index is 13.7. The van der Waals surface area contributed by atoms with E-state index in [2.05, 4.69) is 5.32 Å². The molecule has 0 saturated heterocycles. The van der Waals surface area contributed by atoms with E-state index < -0.39 is 35.0 Å². The number of halogens is 3. The van der Waals surface area contributed by atoms with Gasteiger partial charge in [0.25, 0.3) is 5.91 Å². The Bertz CT molecular complexity index is 771. The number of rotatable bonds is 3. The molecule has 0 radical (unpaired) electrons. The average Bonchev–Trinajstić information content (AvgIpc) is 2.48. The molecule has 0 fully saturated rings. The van der Waals surface area contributed by atoms with Crippen LogP contribution >= 0.6 is 0 Å². The SMILES string of the molecule is Cc1cc(C)c([C@H](C)NC(=O)c2ccc(F)c(F)c2F)cc1C. The molecule has 1 N–H and O–H groups in total. The van der Waals surface area contributed by atoms with Crippen molar-refractivity contribution in [2.75, 3.05) is 0 Å². The first kappa shape index (κ1) is 17.1. The van der Waals surface area contributed by atoms with Crippen molar-refractivity contribution >= 4 is 5.91 Å². The normalized spacial score (nSPS) is 12.1. The van der Waals surface area contributed by atoms with Gasteiger partial charge < -0.3 is 5.32 Å². The third kappa shape index (κ3) is 3.38. The number of nitrogens with one attached hydrogen (secondary N) is 1. The lowest BCUT2D eigenvalue weighted by Gasteiger charge is -2.18. The lowest BCUT2D eigenvalue weighted by atomic mass is 9.96. The minimum atomic E-state index is -1.65. The van der Waals surface area contributed by atoms with Crippen LogP contribution in [0, 0.1) is 38.2 Å². The molecule has 0 unspecified atom stereocenters. The van der Waals surface area contributed by atoms with E-state index in [9.17, 15) is 18.0 Å². The molecule has 0 aliphatic rings. The molecule has 2 rings (SSSR count). The van der Waals surface area contributed by atoms with Gasteiger partial charge in [-0.2, -0.15) is 0 Å². The number of hydrogen-bond donors (Lipinski definition) is 1. The predicted molar refractivity (Wildman–Crippen MR) is 82.9 cm³/mol. The summed E-state index contributed by atoms with van der Waals surface area (Å²) < 4.78 is 39.9. The van der Waals surface area contributed by atoms with Gasteiger partial charge in [0, 0.05) is 0 Å². The summed E-state index contributed by atoms with van der Waals surface area (Å²) in [6.45, 7) is 7.63. The second-order valence-electron chi connectivity index (χ2n) is 5.71. The zero-order valence-electron chi connectivity index (χ0n) is 13.4. The highest BCUT2D eigenvalue weighted by atomic mass is 19.2. The van der Waals surface area contributed by atoms with Crippen molar-refractivity contribution in [2.45, 2.75) is 33.7 Å². The molecule has 1 atom stereocenters. The Balaban J connectivity index is 2.27. The van der Waals surface area contributed by atoms with Gasteiger partial charge in [-0.3, -0.25) is 4.79 Å². The van der Waals surface area contributed by atoms with E-state index in [4.69, 9.17) is 0 Å². The lowest BCUT2D eigenvalue weighted by Crippen LogP contribution is -2.28. The van der Waals surface area contributed by atoms with Crippen LogP contribution < -0.4 is 5.32 Å². The number of amides is 1. The monoisotopic (exact) mass is 321 g/mol. The molecule has 23 heavy (non-hydrogen) atoms. The molecule has 0 aliphatic heterocycles. The highest BCUT2D eigenvalue weighted by molar-refractivity contribution is 5.94. The molecule has 2 aromatic carbocycles. The Kier molecular flexibility index (Phi) is 4.78. The standard InChI is InChI=1S/C18H18F3NO/c1-9-7-11(3)14(8-10(9)2)12(4)22-18(23)13-5-6-15(19)17(21)16(13)20/h5-8,12H,1-4H3,(H,22,23)/t12-/m0/s1. The zero-order valence-corrected chi connectivity index (χ0v) is 13.4. The van der Waals surface area contributed by atoms with Crippen molar-refractivity contribution in [3.63, 3.8) is 0 Å². The minimum Gasteiger partial charge on any atom is -0.345 e. The van der Waals surface area contributed by atoms with Gasteiger partial charge >= 0.3 is 0 Å². The number of carbonyl (C=O) groups is 1. The third-order valence-corrected chi connectivity index (χ3v) is 3.98. The van der Waals surface area contributed by atoms with Crippen LogP contribution in [0.4, 0.5) is 13.2 Å². The van der Waals surface area contributed by atoms with Gasteiger partial charge in [-0.05, 0) is 62.1 Å². The molecular weight excluding hydrogens is 303 g/mol. The van der Waals surface area contributed by atoms with E-state index in [1.165, 1.54) is 0 Å². The van der Waals surface area contributed by atoms with Gasteiger partial charge in [-0.25, -0.2) is 13.2 Å². The first-order valence-electron chi connectivity index (χ1n) is 7.24. The molecule has 0 heterocycles. The van der Waals surface area contributed by atoms with E-state index in [0.717, 1.165) is 34.4 Å². The fourth-order valence-corrected chi connectivity index (χ4v) is 2.50. The third-order valence-electron chi connectivity index (χ3n) is 3.98. The van der Waals surface area contributed by atoms with Gasteiger partial charge in [-0.1, -0.05) is 12.1 Å². The van der Waals surface area contributed by atoms with Crippen LogP contribution in [0.25, 0.3) is 0 Å². The van der Waals surface area contributed by atoms with Crippen LogP contribution in [-0.4, -0.2) is 5.91 Å². The van der Waals surface area contributed by atoms with Crippen LogP contribution in [-0.2, 0) is 0 Å². The van der Waals surface area contributed by atoms with Gasteiger partial charge in [0.2, 0.25) is 0 Å². The smallest absolute Gasteiger partial charge is 0.254 e. The highest BCUT2D eigenvalue weighted by Gasteiger charge is 2.21. The summed E-state index contributed by atoms with van der Waals surface area (Å²) in [6.07, 6.45) is 0. The first-order chi connectivity index (χ1) is 10.7. The van der Waals surface area contributed by atoms with Crippen LogP contribution in [0.2, 0.25) is 0 Å². The summed E-state index contributed by atoms with van der Waals surface area (Å²) >= 11 is 0. The quantitative estimate of drug-likeness (QED) is 0.827. The van der Waals surface area contributed by atoms with E-state index in [1.807, 2.05) is 32.9 Å². The molecule has 0 bridgehead atoms. The molecule has 2 aromatic rings. The fraction of sp³-hybridized carbons (Fsp3) is 0.278. The Morgan fingerprint density at radius 3 is 2.22 bits per heavy atom. The average molecular weight is 321 g/mol. The maximum Gasteiger partial charge on any atom is 0.254 e. The topological polar surface area (TPSA) is 29.1 Å². The number of benzene rings is 2. The first-order valence-corrected chi connectivity index (χ1v) is 7.24. The van der Waals surface area contributed by atoms with Gasteiger partial charge in [0.1, 0.15) is 0 Å². The summed E-state index contributed by atoms with van der Waals surface area (Å²) in [7, 11) is 0. The Hall–Kier alpha value is -2.30. The van der Waals surface area contributed by atoms with E-state index in [1.54, 1.807) is 6.92 Å². The van der Waals surface area contributed by atoms with Crippen LogP contribution in [0.5, 0.6) is 0 Å². The van der Waals surface area contributed by atoms with Crippen molar-refractivity contribution in [3.05, 3.63) is 69.5 Å². The van der Waals surface area contributed by atoms with E-state index in [0.29, 0.717) is 0 Å². The molecule has 0 aromatic heterocycles. The van der Waals surface area contributed by atoms with Crippen molar-refractivity contribution in [2.24, 2.45) is 0 Å². The molecule has 0 spiro atoms. The second-order valence-corrected chi connectivity index (χ2v) is 5.71. The van der Waals surface area contributed by atoms with Crippen molar-refractivity contribution in [1.29, 1.82) is 0 Å². The van der Waals surface area contributed by atoms with E-state index in [-0.39, 0.29) is 0 Å². The second kappa shape index (κ2) is 6.44. The lowest BCUT2D eigenvalue weighted by molar-refractivity contribution is 0.0934. The Labute approximate surface area is 133 Å². The van der Waals surface area contributed by atoms with Gasteiger partial charge in [-0.15, -0.1) is 0 Å². The fourth-order valence-electron chi connectivity index (χ4n) is 2.50. The van der Waals surface area contributed by atoms with Crippen molar-refractivity contribution < 1.29 is 18.0 Å². The van der Waals surface area contributed by atoms with E-state index >= 15 is 0 Å². The van der Waals surface area contributed by atoms with Crippen LogP contribution in [0.3, 0.4) is 0 Å². The summed E-state index contributed by atoms with van der Waals surface area (Å²) in [5.41, 5.74) is 3.58. The van der Waals surface area contributed by atoms with Crippen LogP contribution in [0.1, 0.15) is 45.6 Å². The van der Waals surface area contributed by atoms with Gasteiger partial charge in [0.15, 0.2) is 17.5 Å². The van der Waals surface area contributed by atoms with Crippen LogP contribution in [0.15, 0.2) is 24.3 Å². The molecular formula is C18H18F3NO. The van der Waals surface area contributed by atoms with Gasteiger partial charge in [0.05, 0.1) is 11.6 Å². The Morgan fingerprint density at radius 1 is 0.957 bits per heavy atom. The molecule has 1 amide bonds. The zero-order chi connectivity index (χ0) is 17.3. The molecule has 122 valence electrons. The minimum absolute atomic E-state index is 0.394. The number of carbonyl (C=O) groups excluding carboxylic acids is 1. The van der Waals surface area contributed by atoms with Crippen molar-refractivity contribution in [1.82, 2.24) is 5.32 Å². The molecule has 2 nitrogen and oxygen atoms in total. The number of hydrogen-bond acceptors (Lipinski definition) is 1. The van der Waals surface area contributed by atoms with Crippen molar-refractivity contribution in [3.8, 4) is 0 Å². The molecule has 5 heteroatoms. The predicted octanol–water partition coefficient (Wildman–Crippen LogP) is 4.52. The number of aryl methyl sites for hydroxylation is 3.